The molecule has 1 aliphatic heterocycles. The van der Waals surface area contributed by atoms with Crippen molar-refractivity contribution >= 4 is 17.4 Å². The highest BCUT2D eigenvalue weighted by Gasteiger charge is 2.46. The lowest BCUT2D eigenvalue weighted by molar-refractivity contribution is -0.140. The molecule has 0 bridgehead atoms. The van der Waals surface area contributed by atoms with Gasteiger partial charge in [-0.05, 0) is 66.1 Å². The summed E-state index contributed by atoms with van der Waals surface area (Å²) in [7, 11) is 4.63. The Morgan fingerprint density at radius 2 is 1.50 bits per heavy atom. The molecule has 210 valence electrons. The molecule has 1 aliphatic rings. The third-order valence-electron chi connectivity index (χ3n) is 6.92. The number of hydrogen-bond donors (Lipinski definition) is 1. The van der Waals surface area contributed by atoms with E-state index in [0.717, 1.165) is 24.8 Å². The molecule has 1 N–H and O–H groups in total. The number of Topliss-reactive ketones (excluding diaryl/α,β-unsaturated/α-hetero) is 1. The van der Waals surface area contributed by atoms with Crippen LogP contribution in [-0.2, 0) is 16.1 Å². The summed E-state index contributed by atoms with van der Waals surface area (Å²) >= 11 is 0. The standard InChI is InChI=1S/C32H35NO7/c1-5-6-7-18-40-25-15-10-22(11-16-25)30(34)28-29(23-12-17-26(38-3)27(19-23)39-4)33(32(36)31(28)35)20-21-8-13-24(37-2)14-9-21/h8-17,19,29,34H,5-7,18,20H2,1-4H3/b30-28-. The summed E-state index contributed by atoms with van der Waals surface area (Å²) in [5.74, 6) is 0.586. The lowest BCUT2D eigenvalue weighted by atomic mass is 9.94. The van der Waals surface area contributed by atoms with Crippen molar-refractivity contribution in [3.8, 4) is 23.0 Å². The Balaban J connectivity index is 1.75. The minimum atomic E-state index is -0.855. The number of ether oxygens (including phenoxy) is 4. The van der Waals surface area contributed by atoms with Crippen molar-refractivity contribution in [1.82, 2.24) is 4.90 Å². The topological polar surface area (TPSA) is 94.5 Å². The van der Waals surface area contributed by atoms with E-state index in [1.54, 1.807) is 61.7 Å². The molecule has 8 heteroatoms. The van der Waals surface area contributed by atoms with E-state index in [-0.39, 0.29) is 17.9 Å². The predicted molar refractivity (Wildman–Crippen MR) is 152 cm³/mol. The van der Waals surface area contributed by atoms with Gasteiger partial charge in [-0.1, -0.05) is 38.0 Å². The minimum absolute atomic E-state index is 0.00217. The Bertz CT molecular complexity index is 1360. The highest BCUT2D eigenvalue weighted by atomic mass is 16.5. The molecule has 4 rings (SSSR count). The van der Waals surface area contributed by atoms with Gasteiger partial charge in [-0.3, -0.25) is 9.59 Å². The number of ketones is 1. The maximum atomic E-state index is 13.4. The first-order valence-corrected chi connectivity index (χ1v) is 13.3. The third-order valence-corrected chi connectivity index (χ3v) is 6.92. The van der Waals surface area contributed by atoms with E-state index < -0.39 is 17.7 Å². The van der Waals surface area contributed by atoms with Crippen LogP contribution in [0.3, 0.4) is 0 Å². The van der Waals surface area contributed by atoms with Crippen LogP contribution in [0.5, 0.6) is 23.0 Å². The molecule has 1 fully saturated rings. The van der Waals surface area contributed by atoms with Crippen LogP contribution in [0.2, 0.25) is 0 Å². The molecule has 1 atom stereocenters. The van der Waals surface area contributed by atoms with Gasteiger partial charge in [0, 0.05) is 12.1 Å². The minimum Gasteiger partial charge on any atom is -0.507 e. The average Bonchev–Trinajstić information content (AvgIpc) is 3.24. The van der Waals surface area contributed by atoms with E-state index >= 15 is 0 Å². The van der Waals surface area contributed by atoms with E-state index in [0.29, 0.717) is 40.7 Å². The molecular formula is C32H35NO7. The van der Waals surface area contributed by atoms with Gasteiger partial charge in [0.05, 0.1) is 39.6 Å². The first-order chi connectivity index (χ1) is 19.4. The molecule has 8 nitrogen and oxygen atoms in total. The van der Waals surface area contributed by atoms with Gasteiger partial charge in [0.15, 0.2) is 11.5 Å². The lowest BCUT2D eigenvalue weighted by Gasteiger charge is -2.26. The number of unbranched alkanes of at least 4 members (excludes halogenated alkanes) is 2. The summed E-state index contributed by atoms with van der Waals surface area (Å²) in [6.07, 6.45) is 3.15. The van der Waals surface area contributed by atoms with Crippen molar-refractivity contribution in [2.45, 2.75) is 38.8 Å². The van der Waals surface area contributed by atoms with Gasteiger partial charge in [-0.2, -0.15) is 0 Å². The first kappa shape index (κ1) is 28.5. The van der Waals surface area contributed by atoms with Gasteiger partial charge in [0.1, 0.15) is 17.3 Å². The number of amides is 1. The number of aliphatic hydroxyl groups is 1. The number of hydrogen-bond acceptors (Lipinski definition) is 7. The van der Waals surface area contributed by atoms with Crippen molar-refractivity contribution < 1.29 is 33.6 Å². The number of rotatable bonds is 12. The fourth-order valence-electron chi connectivity index (χ4n) is 4.75. The van der Waals surface area contributed by atoms with E-state index in [1.165, 1.54) is 19.1 Å². The Hall–Kier alpha value is -4.46. The van der Waals surface area contributed by atoms with Crippen LogP contribution in [0.4, 0.5) is 0 Å². The highest BCUT2D eigenvalue weighted by Crippen LogP contribution is 2.42. The van der Waals surface area contributed by atoms with Crippen LogP contribution in [0, 0.1) is 0 Å². The molecule has 40 heavy (non-hydrogen) atoms. The summed E-state index contributed by atoms with van der Waals surface area (Å²) in [4.78, 5) is 28.3. The second kappa shape index (κ2) is 13.1. The molecule has 0 aliphatic carbocycles. The van der Waals surface area contributed by atoms with E-state index in [2.05, 4.69) is 6.92 Å². The van der Waals surface area contributed by atoms with Crippen molar-refractivity contribution in [2.75, 3.05) is 27.9 Å². The van der Waals surface area contributed by atoms with Crippen molar-refractivity contribution in [2.24, 2.45) is 0 Å². The average molecular weight is 546 g/mol. The maximum Gasteiger partial charge on any atom is 0.295 e. The quantitative estimate of drug-likeness (QED) is 0.131. The molecule has 0 aromatic heterocycles. The zero-order valence-corrected chi connectivity index (χ0v) is 23.3. The number of carbonyl (C=O) groups excluding carboxylic acids is 2. The van der Waals surface area contributed by atoms with Crippen LogP contribution in [-0.4, -0.2) is 49.6 Å². The van der Waals surface area contributed by atoms with Crippen LogP contribution in [0.1, 0.15) is 48.9 Å². The fourth-order valence-corrected chi connectivity index (χ4v) is 4.75. The normalized spacial score (nSPS) is 16.2. The molecule has 3 aromatic rings. The fraction of sp³-hybridized carbons (Fsp3) is 0.312. The predicted octanol–water partition coefficient (Wildman–Crippen LogP) is 5.90. The Labute approximate surface area is 234 Å². The molecular weight excluding hydrogens is 510 g/mol. The smallest absolute Gasteiger partial charge is 0.295 e. The summed E-state index contributed by atoms with van der Waals surface area (Å²) in [6.45, 7) is 2.89. The largest absolute Gasteiger partial charge is 0.507 e. The monoisotopic (exact) mass is 545 g/mol. The van der Waals surface area contributed by atoms with Gasteiger partial charge < -0.3 is 29.0 Å². The van der Waals surface area contributed by atoms with E-state index in [1.807, 2.05) is 12.1 Å². The number of likely N-dealkylation sites (tertiary alicyclic amines) is 1. The van der Waals surface area contributed by atoms with Gasteiger partial charge >= 0.3 is 0 Å². The van der Waals surface area contributed by atoms with Crippen LogP contribution >= 0.6 is 0 Å². The van der Waals surface area contributed by atoms with Gasteiger partial charge in [0.25, 0.3) is 11.7 Å². The molecule has 1 unspecified atom stereocenters. The van der Waals surface area contributed by atoms with Crippen molar-refractivity contribution in [3.05, 3.63) is 89.0 Å². The zero-order chi connectivity index (χ0) is 28.6. The molecule has 0 saturated carbocycles. The number of aliphatic hydroxyl groups excluding tert-OH is 1. The molecule has 0 radical (unpaired) electrons. The van der Waals surface area contributed by atoms with Crippen LogP contribution in [0.25, 0.3) is 5.76 Å². The molecule has 1 heterocycles. The molecule has 1 saturated heterocycles. The summed E-state index contributed by atoms with van der Waals surface area (Å²) in [5, 5.41) is 11.4. The van der Waals surface area contributed by atoms with Gasteiger partial charge in [0.2, 0.25) is 0 Å². The second-order valence-corrected chi connectivity index (χ2v) is 9.47. The Morgan fingerprint density at radius 3 is 2.12 bits per heavy atom. The molecule has 0 spiro atoms. The highest BCUT2D eigenvalue weighted by molar-refractivity contribution is 6.46. The molecule has 1 amide bonds. The van der Waals surface area contributed by atoms with Crippen molar-refractivity contribution in [3.63, 3.8) is 0 Å². The molecule has 3 aromatic carbocycles. The summed E-state index contributed by atoms with van der Waals surface area (Å²) < 4.78 is 21.9. The lowest BCUT2D eigenvalue weighted by Crippen LogP contribution is -2.29. The van der Waals surface area contributed by atoms with Crippen molar-refractivity contribution in [1.29, 1.82) is 0 Å². The summed E-state index contributed by atoms with van der Waals surface area (Å²) in [6, 6.07) is 18.5. The van der Waals surface area contributed by atoms with Crippen LogP contribution < -0.4 is 18.9 Å². The third kappa shape index (κ3) is 6.06. The summed E-state index contributed by atoms with van der Waals surface area (Å²) in [5.41, 5.74) is 1.82. The first-order valence-electron chi connectivity index (χ1n) is 13.3. The Kier molecular flexibility index (Phi) is 9.32. The number of benzene rings is 3. The maximum absolute atomic E-state index is 13.4. The number of carbonyl (C=O) groups is 2. The second-order valence-electron chi connectivity index (χ2n) is 9.47. The van der Waals surface area contributed by atoms with E-state index in [9.17, 15) is 14.7 Å². The zero-order valence-electron chi connectivity index (χ0n) is 23.3. The van der Waals surface area contributed by atoms with Crippen LogP contribution in [0.15, 0.2) is 72.3 Å². The van der Waals surface area contributed by atoms with Gasteiger partial charge in [-0.25, -0.2) is 0 Å². The van der Waals surface area contributed by atoms with Gasteiger partial charge in [-0.15, -0.1) is 0 Å². The van der Waals surface area contributed by atoms with E-state index in [4.69, 9.17) is 18.9 Å². The number of nitrogens with zero attached hydrogens (tertiary/aromatic N) is 1. The number of methoxy groups -OCH3 is 3. The SMILES string of the molecule is CCCCCOc1ccc(/C(O)=C2/C(=O)C(=O)N(Cc3ccc(OC)cc3)C2c2ccc(OC)c(OC)c2)cc1. The Morgan fingerprint density at radius 1 is 0.825 bits per heavy atom.